The minimum absolute atomic E-state index is 0.0159. The van der Waals surface area contributed by atoms with Crippen LogP contribution in [0.4, 0.5) is 5.69 Å². The van der Waals surface area contributed by atoms with E-state index in [9.17, 15) is 10.1 Å². The Bertz CT molecular complexity index is 909. The van der Waals surface area contributed by atoms with Gasteiger partial charge in [0.25, 0.3) is 5.69 Å². The van der Waals surface area contributed by atoms with Crippen molar-refractivity contribution in [3.05, 3.63) is 82.9 Å². The minimum atomic E-state index is -0.514. The Morgan fingerprint density at radius 1 is 0.783 bits per heavy atom. The molecule has 5 nitrogen and oxygen atoms in total. The van der Waals surface area contributed by atoms with E-state index in [-0.39, 0.29) is 11.4 Å². The summed E-state index contributed by atoms with van der Waals surface area (Å²) >= 11 is 0. The van der Waals surface area contributed by atoms with Crippen LogP contribution in [0.1, 0.15) is 0 Å². The average Bonchev–Trinajstić information content (AvgIpc) is 2.94. The van der Waals surface area contributed by atoms with Crippen LogP contribution in [0.3, 0.4) is 0 Å². The van der Waals surface area contributed by atoms with Gasteiger partial charge >= 0.3 is 0 Å². The molecule has 0 aliphatic rings. The smallest absolute Gasteiger partial charge is 0.269 e. The summed E-state index contributed by atoms with van der Waals surface area (Å²) in [5.74, 6) is 0.0330. The number of nitrogens with zero attached hydrogens (tertiary/aromatic N) is 1. The zero-order chi connectivity index (χ0) is 16.2. The Morgan fingerprint density at radius 2 is 1.26 bits per heavy atom. The molecular weight excluding hydrogens is 292 g/mol. The third kappa shape index (κ3) is 3.13. The van der Waals surface area contributed by atoms with Crippen molar-refractivity contribution >= 4 is 27.5 Å². The summed E-state index contributed by atoms with van der Waals surface area (Å²) < 4.78 is 0. The molecule has 0 amide bonds. The second-order valence-electron chi connectivity index (χ2n) is 4.99. The van der Waals surface area contributed by atoms with E-state index in [1.807, 2.05) is 0 Å². The SMILES string of the molecule is O=[N+]([O-])c1ccc(O)cc1.c1ccc2c(c1)[nH]c1ccccc12. The highest BCUT2D eigenvalue weighted by molar-refractivity contribution is 6.06. The van der Waals surface area contributed by atoms with Crippen molar-refractivity contribution in [3.63, 3.8) is 0 Å². The number of non-ortho nitro benzene ring substituents is 1. The Labute approximate surface area is 132 Å². The van der Waals surface area contributed by atoms with Crippen LogP contribution in [0, 0.1) is 10.1 Å². The van der Waals surface area contributed by atoms with Crippen molar-refractivity contribution in [3.8, 4) is 5.75 Å². The lowest BCUT2D eigenvalue weighted by Crippen LogP contribution is -1.85. The number of hydrogen-bond donors (Lipinski definition) is 2. The fraction of sp³-hybridized carbons (Fsp3) is 0. The predicted octanol–water partition coefficient (Wildman–Crippen LogP) is 4.62. The number of nitro benzene ring substituents is 1. The normalized spacial score (nSPS) is 10.3. The molecule has 4 rings (SSSR count). The lowest BCUT2D eigenvalue weighted by atomic mass is 10.2. The van der Waals surface area contributed by atoms with Crippen molar-refractivity contribution in [1.29, 1.82) is 0 Å². The Kier molecular flexibility index (Phi) is 3.93. The molecule has 0 atom stereocenters. The molecule has 0 fully saturated rings. The maximum absolute atomic E-state index is 10.0. The van der Waals surface area contributed by atoms with Gasteiger partial charge in [-0.25, -0.2) is 0 Å². The number of para-hydroxylation sites is 2. The van der Waals surface area contributed by atoms with E-state index in [0.717, 1.165) is 0 Å². The maximum Gasteiger partial charge on any atom is 0.269 e. The zero-order valence-corrected chi connectivity index (χ0v) is 12.1. The van der Waals surface area contributed by atoms with Gasteiger partial charge in [-0.15, -0.1) is 0 Å². The highest BCUT2D eigenvalue weighted by Gasteiger charge is 2.02. The third-order valence-electron chi connectivity index (χ3n) is 3.47. The summed E-state index contributed by atoms with van der Waals surface area (Å²) in [6.07, 6.45) is 0. The van der Waals surface area contributed by atoms with Gasteiger partial charge in [0.05, 0.1) is 4.92 Å². The van der Waals surface area contributed by atoms with Gasteiger partial charge in [-0.05, 0) is 24.3 Å². The van der Waals surface area contributed by atoms with Crippen LogP contribution in [0.5, 0.6) is 5.75 Å². The number of aromatic hydroxyl groups is 1. The number of aromatic nitrogens is 1. The highest BCUT2D eigenvalue weighted by Crippen LogP contribution is 2.24. The van der Waals surface area contributed by atoms with Gasteiger partial charge in [0.2, 0.25) is 0 Å². The van der Waals surface area contributed by atoms with E-state index >= 15 is 0 Å². The molecule has 0 saturated heterocycles. The second-order valence-corrected chi connectivity index (χ2v) is 4.99. The lowest BCUT2D eigenvalue weighted by Gasteiger charge is -1.89. The van der Waals surface area contributed by atoms with Crippen molar-refractivity contribution in [2.75, 3.05) is 0 Å². The van der Waals surface area contributed by atoms with Gasteiger partial charge in [0, 0.05) is 33.9 Å². The van der Waals surface area contributed by atoms with Gasteiger partial charge < -0.3 is 10.1 Å². The molecule has 1 heterocycles. The van der Waals surface area contributed by atoms with Gasteiger partial charge in [-0.1, -0.05) is 36.4 Å². The number of benzene rings is 3. The molecule has 0 saturated carbocycles. The molecule has 4 aromatic rings. The molecule has 23 heavy (non-hydrogen) atoms. The summed E-state index contributed by atoms with van der Waals surface area (Å²) in [4.78, 5) is 12.9. The number of phenolic OH excluding ortho intramolecular Hbond substituents is 1. The molecule has 5 heteroatoms. The van der Waals surface area contributed by atoms with Crippen LogP contribution in [-0.2, 0) is 0 Å². The molecule has 0 aliphatic carbocycles. The first-order chi connectivity index (χ1) is 11.1. The number of aromatic amines is 1. The second kappa shape index (κ2) is 6.19. The van der Waals surface area contributed by atoms with Crippen molar-refractivity contribution in [1.82, 2.24) is 4.98 Å². The largest absolute Gasteiger partial charge is 0.508 e. The Morgan fingerprint density at radius 3 is 1.74 bits per heavy atom. The molecule has 0 spiro atoms. The zero-order valence-electron chi connectivity index (χ0n) is 12.1. The van der Waals surface area contributed by atoms with E-state index in [1.54, 1.807) is 0 Å². The predicted molar refractivity (Wildman–Crippen MR) is 90.6 cm³/mol. The minimum Gasteiger partial charge on any atom is -0.508 e. The monoisotopic (exact) mass is 306 g/mol. The molecule has 1 aromatic heterocycles. The molecule has 0 bridgehead atoms. The summed E-state index contributed by atoms with van der Waals surface area (Å²) in [6.45, 7) is 0. The Hall–Kier alpha value is -3.34. The van der Waals surface area contributed by atoms with Crippen LogP contribution >= 0.6 is 0 Å². The average molecular weight is 306 g/mol. The molecule has 0 radical (unpaired) electrons. The fourth-order valence-electron chi connectivity index (χ4n) is 2.37. The van der Waals surface area contributed by atoms with Crippen LogP contribution in [-0.4, -0.2) is 15.0 Å². The van der Waals surface area contributed by atoms with E-state index in [1.165, 1.54) is 46.1 Å². The first-order valence-corrected chi connectivity index (χ1v) is 7.04. The van der Waals surface area contributed by atoms with Crippen molar-refractivity contribution in [2.45, 2.75) is 0 Å². The lowest BCUT2D eigenvalue weighted by molar-refractivity contribution is -0.384. The number of rotatable bonds is 1. The summed E-state index contributed by atoms with van der Waals surface area (Å²) in [5.41, 5.74) is 2.41. The number of nitrogens with one attached hydrogen (secondary N) is 1. The quantitative estimate of drug-likeness (QED) is 0.398. The van der Waals surface area contributed by atoms with Crippen LogP contribution in [0.2, 0.25) is 0 Å². The van der Waals surface area contributed by atoms with Gasteiger partial charge in [-0.3, -0.25) is 10.1 Å². The number of phenols is 1. The van der Waals surface area contributed by atoms with E-state index in [0.29, 0.717) is 0 Å². The van der Waals surface area contributed by atoms with E-state index < -0.39 is 4.92 Å². The maximum atomic E-state index is 10.0. The summed E-state index contributed by atoms with van der Waals surface area (Å²) in [6, 6.07) is 21.8. The Balaban J connectivity index is 0.000000142. The van der Waals surface area contributed by atoms with Crippen LogP contribution < -0.4 is 0 Å². The van der Waals surface area contributed by atoms with Crippen LogP contribution in [0.15, 0.2) is 72.8 Å². The first-order valence-electron chi connectivity index (χ1n) is 7.04. The highest BCUT2D eigenvalue weighted by atomic mass is 16.6. The summed E-state index contributed by atoms with van der Waals surface area (Å²) in [7, 11) is 0. The number of H-pyrrole nitrogens is 1. The third-order valence-corrected chi connectivity index (χ3v) is 3.47. The van der Waals surface area contributed by atoms with E-state index in [4.69, 9.17) is 5.11 Å². The van der Waals surface area contributed by atoms with Crippen molar-refractivity contribution < 1.29 is 10.0 Å². The van der Waals surface area contributed by atoms with Gasteiger partial charge in [0.15, 0.2) is 0 Å². The standard InChI is InChI=1S/C12H9N.C6H5NO3/c1-3-7-11-9(5-1)10-6-2-4-8-12(10)13-11;8-6-3-1-5(2-4-6)7(9)10/h1-8,13H;1-4,8H. The molecule has 3 aromatic carbocycles. The number of hydrogen-bond acceptors (Lipinski definition) is 3. The number of nitro groups is 1. The van der Waals surface area contributed by atoms with Crippen molar-refractivity contribution in [2.24, 2.45) is 0 Å². The fourth-order valence-corrected chi connectivity index (χ4v) is 2.37. The van der Waals surface area contributed by atoms with Gasteiger partial charge in [-0.2, -0.15) is 0 Å². The van der Waals surface area contributed by atoms with Gasteiger partial charge in [0.1, 0.15) is 5.75 Å². The molecule has 114 valence electrons. The molecule has 0 unspecified atom stereocenters. The van der Waals surface area contributed by atoms with Crippen LogP contribution in [0.25, 0.3) is 21.8 Å². The summed E-state index contributed by atoms with van der Waals surface area (Å²) in [5, 5.41) is 21.4. The molecular formula is C18H14N2O3. The topological polar surface area (TPSA) is 79.2 Å². The molecule has 2 N–H and O–H groups in total. The van der Waals surface area contributed by atoms with E-state index in [2.05, 4.69) is 53.5 Å². The first kappa shape index (κ1) is 14.6. The number of fused-ring (bicyclic) bond motifs is 3. The molecule has 0 aliphatic heterocycles.